The van der Waals surface area contributed by atoms with Crippen LogP contribution in [-0.4, -0.2) is 47.3 Å². The number of carbonyl (C=O) groups is 1. The van der Waals surface area contributed by atoms with Crippen molar-refractivity contribution < 1.29 is 13.6 Å². The largest absolute Gasteiger partial charge is 0.375 e. The molecular formula is C20H29F2N5OS. The number of hydrazone groups is 1. The lowest BCUT2D eigenvalue weighted by Crippen LogP contribution is -2.59. The molecule has 1 aromatic carbocycles. The number of piperazine rings is 1. The Morgan fingerprint density at radius 2 is 1.93 bits per heavy atom. The summed E-state index contributed by atoms with van der Waals surface area (Å²) in [7, 11) is 0. The molecule has 0 spiro atoms. The second-order valence-corrected chi connectivity index (χ2v) is 7.86. The molecule has 3 N–H and O–H groups in total. The zero-order valence-electron chi connectivity index (χ0n) is 17.1. The van der Waals surface area contributed by atoms with Crippen molar-refractivity contribution in [3.8, 4) is 0 Å². The lowest BCUT2D eigenvalue weighted by molar-refractivity contribution is -0.136. The second kappa shape index (κ2) is 10.5. The Hall–Kier alpha value is -2.29. The van der Waals surface area contributed by atoms with Crippen molar-refractivity contribution in [2.24, 2.45) is 10.8 Å². The van der Waals surface area contributed by atoms with Crippen LogP contribution in [0.2, 0.25) is 0 Å². The summed E-state index contributed by atoms with van der Waals surface area (Å²) >= 11 is 4.61. The Bertz CT molecular complexity index is 761. The van der Waals surface area contributed by atoms with Crippen LogP contribution in [0.1, 0.15) is 52.0 Å². The molecule has 9 heteroatoms. The number of rotatable bonds is 7. The SMILES string of the molecule is CCCCCC(=O)N1[C@H](C)CN(c2cc(F)c(C=NNC(N)=S)cc2F)C[C@@H]1C. The highest BCUT2D eigenvalue weighted by Crippen LogP contribution is 2.27. The number of halogens is 2. The Labute approximate surface area is 176 Å². The summed E-state index contributed by atoms with van der Waals surface area (Å²) in [6.07, 6.45) is 4.62. The van der Waals surface area contributed by atoms with Gasteiger partial charge in [-0.25, -0.2) is 8.78 Å². The van der Waals surface area contributed by atoms with E-state index in [9.17, 15) is 13.6 Å². The molecule has 0 aromatic heterocycles. The molecule has 0 saturated carbocycles. The van der Waals surface area contributed by atoms with Crippen LogP contribution in [0.5, 0.6) is 0 Å². The molecular weight excluding hydrogens is 396 g/mol. The van der Waals surface area contributed by atoms with Crippen molar-refractivity contribution in [3.05, 3.63) is 29.3 Å². The third-order valence-electron chi connectivity index (χ3n) is 4.99. The molecule has 1 fully saturated rings. The lowest BCUT2D eigenvalue weighted by Gasteiger charge is -2.45. The molecule has 0 unspecified atom stereocenters. The van der Waals surface area contributed by atoms with E-state index in [4.69, 9.17) is 5.73 Å². The van der Waals surface area contributed by atoms with E-state index in [0.29, 0.717) is 19.5 Å². The van der Waals surface area contributed by atoms with E-state index in [1.807, 2.05) is 18.7 Å². The van der Waals surface area contributed by atoms with Crippen molar-refractivity contribution in [3.63, 3.8) is 0 Å². The van der Waals surface area contributed by atoms with Gasteiger partial charge in [-0.05, 0) is 38.6 Å². The zero-order chi connectivity index (χ0) is 21.6. The zero-order valence-corrected chi connectivity index (χ0v) is 17.9. The van der Waals surface area contributed by atoms with Crippen molar-refractivity contribution in [1.82, 2.24) is 10.3 Å². The first-order valence-electron chi connectivity index (χ1n) is 9.88. The van der Waals surface area contributed by atoms with Crippen molar-refractivity contribution in [2.45, 2.75) is 58.5 Å². The molecule has 160 valence electrons. The van der Waals surface area contributed by atoms with Crippen LogP contribution in [0.15, 0.2) is 17.2 Å². The topological polar surface area (TPSA) is 74.0 Å². The minimum atomic E-state index is -0.603. The Morgan fingerprint density at radius 3 is 2.52 bits per heavy atom. The molecule has 1 aliphatic heterocycles. The number of unbranched alkanes of at least 4 members (excludes halogenated alkanes) is 2. The van der Waals surface area contributed by atoms with Crippen molar-refractivity contribution in [1.29, 1.82) is 0 Å². The van der Waals surface area contributed by atoms with E-state index >= 15 is 0 Å². The molecule has 1 saturated heterocycles. The van der Waals surface area contributed by atoms with Crippen LogP contribution in [-0.2, 0) is 4.79 Å². The number of hydrogen-bond donors (Lipinski definition) is 2. The number of thiocarbonyl (C=S) groups is 1. The normalized spacial score (nSPS) is 19.6. The molecule has 2 atom stereocenters. The first-order valence-corrected chi connectivity index (χ1v) is 10.3. The quantitative estimate of drug-likeness (QED) is 0.304. The maximum atomic E-state index is 14.7. The first kappa shape index (κ1) is 23.0. The number of amides is 1. The van der Waals surface area contributed by atoms with Gasteiger partial charge in [-0.2, -0.15) is 5.10 Å². The van der Waals surface area contributed by atoms with Crippen LogP contribution >= 0.6 is 12.2 Å². The molecule has 2 rings (SSSR count). The molecule has 1 heterocycles. The Kier molecular flexibility index (Phi) is 8.31. The number of nitrogens with one attached hydrogen (secondary N) is 1. The highest BCUT2D eigenvalue weighted by Gasteiger charge is 2.33. The van der Waals surface area contributed by atoms with E-state index in [0.717, 1.165) is 37.6 Å². The molecule has 0 radical (unpaired) electrons. The number of anilines is 1. The highest BCUT2D eigenvalue weighted by molar-refractivity contribution is 7.80. The van der Waals surface area contributed by atoms with Gasteiger partial charge in [0.15, 0.2) is 5.11 Å². The van der Waals surface area contributed by atoms with Crippen LogP contribution in [0.4, 0.5) is 14.5 Å². The minimum absolute atomic E-state index is 0.0131. The predicted molar refractivity (Wildman–Crippen MR) is 116 cm³/mol. The summed E-state index contributed by atoms with van der Waals surface area (Å²) in [6.45, 7) is 6.87. The van der Waals surface area contributed by atoms with E-state index in [1.54, 1.807) is 4.90 Å². The summed E-state index contributed by atoms with van der Waals surface area (Å²) in [5, 5.41) is 3.60. The molecule has 1 amide bonds. The third-order valence-corrected chi connectivity index (χ3v) is 5.08. The van der Waals surface area contributed by atoms with Crippen LogP contribution < -0.4 is 16.1 Å². The summed E-state index contributed by atoms with van der Waals surface area (Å²) in [5.41, 5.74) is 7.71. The number of benzene rings is 1. The van der Waals surface area contributed by atoms with Crippen molar-refractivity contribution >= 4 is 35.1 Å². The Balaban J connectivity index is 2.12. The van der Waals surface area contributed by atoms with Gasteiger partial charge in [0.25, 0.3) is 0 Å². The van der Waals surface area contributed by atoms with Gasteiger partial charge in [-0.3, -0.25) is 10.2 Å². The molecule has 1 aliphatic rings. The highest BCUT2D eigenvalue weighted by atomic mass is 32.1. The van der Waals surface area contributed by atoms with Gasteiger partial charge in [-0.1, -0.05) is 19.8 Å². The first-order chi connectivity index (χ1) is 13.7. The smallest absolute Gasteiger partial charge is 0.223 e. The maximum Gasteiger partial charge on any atom is 0.223 e. The average molecular weight is 426 g/mol. The monoisotopic (exact) mass is 425 g/mol. The maximum absolute atomic E-state index is 14.7. The molecule has 1 aromatic rings. The summed E-state index contributed by atoms with van der Waals surface area (Å²) < 4.78 is 29.1. The number of hydrogen-bond acceptors (Lipinski definition) is 4. The van der Waals surface area contributed by atoms with Crippen LogP contribution in [0, 0.1) is 11.6 Å². The van der Waals surface area contributed by atoms with E-state index in [1.165, 1.54) is 0 Å². The summed E-state index contributed by atoms with van der Waals surface area (Å²) in [4.78, 5) is 16.3. The van der Waals surface area contributed by atoms with Gasteiger partial charge in [-0.15, -0.1) is 0 Å². The number of nitrogens with two attached hydrogens (primary N) is 1. The van der Waals surface area contributed by atoms with E-state index < -0.39 is 11.6 Å². The van der Waals surface area contributed by atoms with Gasteiger partial charge in [0.05, 0.1) is 11.9 Å². The second-order valence-electron chi connectivity index (χ2n) is 7.42. The van der Waals surface area contributed by atoms with Gasteiger partial charge in [0, 0.05) is 43.2 Å². The summed E-state index contributed by atoms with van der Waals surface area (Å²) in [5.74, 6) is -1.03. The third kappa shape index (κ3) is 6.09. The molecule has 6 nitrogen and oxygen atoms in total. The Morgan fingerprint density at radius 1 is 1.28 bits per heavy atom. The molecule has 0 aliphatic carbocycles. The molecule has 29 heavy (non-hydrogen) atoms. The van der Waals surface area contributed by atoms with E-state index in [2.05, 4.69) is 29.7 Å². The fourth-order valence-corrected chi connectivity index (χ4v) is 3.78. The number of carbonyl (C=O) groups excluding carboxylic acids is 1. The predicted octanol–water partition coefficient (Wildman–Crippen LogP) is 3.14. The standard InChI is InChI=1S/C20H29F2N5OS/c1-4-5-6-7-19(28)27-13(2)11-26(12-14(27)3)18-9-16(21)15(8-17(18)22)10-24-25-20(23)29/h8-10,13-14H,4-7,11-12H2,1-3H3,(H3,23,25,29)/t13-,14+. The van der Waals surface area contributed by atoms with Crippen molar-refractivity contribution in [2.75, 3.05) is 18.0 Å². The lowest BCUT2D eigenvalue weighted by atomic mass is 10.0. The van der Waals surface area contributed by atoms with Crippen LogP contribution in [0.3, 0.4) is 0 Å². The van der Waals surface area contributed by atoms with E-state index in [-0.39, 0.29) is 34.4 Å². The summed E-state index contributed by atoms with van der Waals surface area (Å²) in [6, 6.07) is 2.07. The van der Waals surface area contributed by atoms with Gasteiger partial charge in [0.2, 0.25) is 5.91 Å². The molecule has 0 bridgehead atoms. The average Bonchev–Trinajstić information content (AvgIpc) is 2.63. The van der Waals surface area contributed by atoms with Crippen LogP contribution in [0.25, 0.3) is 0 Å². The van der Waals surface area contributed by atoms with Gasteiger partial charge < -0.3 is 15.5 Å². The number of nitrogens with zero attached hydrogens (tertiary/aromatic N) is 3. The fourth-order valence-electron chi connectivity index (χ4n) is 3.72. The minimum Gasteiger partial charge on any atom is -0.375 e. The van der Waals surface area contributed by atoms with Gasteiger partial charge in [0.1, 0.15) is 11.6 Å². The fraction of sp³-hybridized carbons (Fsp3) is 0.550. The van der Waals surface area contributed by atoms with Gasteiger partial charge >= 0.3 is 0 Å².